The number of β-amino-alcohol motifs (C(OH)–C–C–N with tert-alkyl or cyclic N) is 1. The van der Waals surface area contributed by atoms with E-state index in [1.165, 1.54) is 6.20 Å². The molecule has 1 aromatic heterocycles. The predicted molar refractivity (Wildman–Crippen MR) is 104 cm³/mol. The van der Waals surface area contributed by atoms with Crippen LogP contribution in [0.25, 0.3) is 0 Å². The molecule has 2 saturated heterocycles. The van der Waals surface area contributed by atoms with E-state index in [1.54, 1.807) is 11.1 Å². The van der Waals surface area contributed by atoms with E-state index in [2.05, 4.69) is 20.2 Å². The van der Waals surface area contributed by atoms with Gasteiger partial charge >= 0.3 is 0 Å². The second kappa shape index (κ2) is 8.26. The molecule has 0 bridgehead atoms. The summed E-state index contributed by atoms with van der Waals surface area (Å²) in [6.07, 6.45) is 11.4. The van der Waals surface area contributed by atoms with Crippen molar-refractivity contribution in [2.24, 2.45) is 5.92 Å². The Hall–Kier alpha value is -2.48. The van der Waals surface area contributed by atoms with Gasteiger partial charge in [-0.3, -0.25) is 14.6 Å². The lowest BCUT2D eigenvalue weighted by molar-refractivity contribution is -0.125. The highest BCUT2D eigenvalue weighted by Crippen LogP contribution is 2.20. The Morgan fingerprint density at radius 2 is 1.96 bits per heavy atom. The number of aromatic nitrogens is 2. The third kappa shape index (κ3) is 4.01. The monoisotopic (exact) mass is 385 g/mol. The number of aliphatic hydroxyl groups is 1. The molecule has 3 atom stereocenters. The maximum Gasteiger partial charge on any atom is 0.274 e. The van der Waals surface area contributed by atoms with E-state index in [-0.39, 0.29) is 36.5 Å². The highest BCUT2D eigenvalue weighted by atomic mass is 16.3. The van der Waals surface area contributed by atoms with Crippen molar-refractivity contribution in [3.63, 3.8) is 0 Å². The van der Waals surface area contributed by atoms with Crippen molar-refractivity contribution in [2.75, 3.05) is 31.1 Å². The molecule has 0 aromatic carbocycles. The number of nitrogens with one attached hydrogen (secondary N) is 1. The Morgan fingerprint density at radius 3 is 2.71 bits per heavy atom. The molecule has 2 amide bonds. The van der Waals surface area contributed by atoms with E-state index >= 15 is 0 Å². The number of anilines is 1. The number of hydrogen-bond donors (Lipinski definition) is 2. The predicted octanol–water partition coefficient (Wildman–Crippen LogP) is 0.735. The Labute approximate surface area is 164 Å². The van der Waals surface area contributed by atoms with Crippen LogP contribution >= 0.6 is 0 Å². The molecule has 1 aromatic rings. The summed E-state index contributed by atoms with van der Waals surface area (Å²) in [5.74, 6) is 0.234. The van der Waals surface area contributed by atoms with Gasteiger partial charge in [-0.05, 0) is 32.1 Å². The molecule has 2 fully saturated rings. The number of aliphatic hydroxyl groups excluding tert-OH is 1. The van der Waals surface area contributed by atoms with Gasteiger partial charge in [-0.2, -0.15) is 0 Å². The van der Waals surface area contributed by atoms with Crippen LogP contribution < -0.4 is 10.2 Å². The van der Waals surface area contributed by atoms with Gasteiger partial charge in [0.25, 0.3) is 5.91 Å². The molecule has 8 nitrogen and oxygen atoms in total. The van der Waals surface area contributed by atoms with Crippen LogP contribution in [0.1, 0.15) is 42.6 Å². The van der Waals surface area contributed by atoms with Crippen molar-refractivity contribution in [2.45, 2.75) is 44.2 Å². The minimum absolute atomic E-state index is 0.0786. The van der Waals surface area contributed by atoms with Crippen molar-refractivity contribution in [1.29, 1.82) is 0 Å². The molecule has 4 rings (SSSR count). The maximum absolute atomic E-state index is 12.9. The molecule has 1 unspecified atom stereocenters. The third-order valence-corrected chi connectivity index (χ3v) is 5.77. The number of carbonyl (C=O) groups excluding carboxylic acids is 2. The summed E-state index contributed by atoms with van der Waals surface area (Å²) in [5.41, 5.74) is 0.277. The summed E-state index contributed by atoms with van der Waals surface area (Å²) in [5, 5.41) is 13.3. The molecule has 1 aliphatic carbocycles. The Bertz CT molecular complexity index is 762. The van der Waals surface area contributed by atoms with Gasteiger partial charge < -0.3 is 20.2 Å². The topological polar surface area (TPSA) is 98.7 Å². The summed E-state index contributed by atoms with van der Waals surface area (Å²) < 4.78 is 0. The van der Waals surface area contributed by atoms with Gasteiger partial charge in [0, 0.05) is 26.2 Å². The zero-order valence-electron chi connectivity index (χ0n) is 16.0. The molecule has 0 saturated carbocycles. The van der Waals surface area contributed by atoms with Crippen LogP contribution in [0.5, 0.6) is 0 Å². The molecule has 3 heterocycles. The average Bonchev–Trinajstić information content (AvgIpc) is 3.39. The second-order valence-corrected chi connectivity index (χ2v) is 7.81. The molecule has 0 spiro atoms. The number of carbonyl (C=O) groups is 2. The molecular formula is C20H27N5O3. The van der Waals surface area contributed by atoms with E-state index in [0.29, 0.717) is 0 Å². The van der Waals surface area contributed by atoms with Crippen LogP contribution in [0, 0.1) is 5.92 Å². The zero-order valence-corrected chi connectivity index (χ0v) is 16.0. The molecular weight excluding hydrogens is 358 g/mol. The van der Waals surface area contributed by atoms with Crippen LogP contribution in [0.4, 0.5) is 5.82 Å². The number of amides is 2. The highest BCUT2D eigenvalue weighted by Gasteiger charge is 2.36. The van der Waals surface area contributed by atoms with E-state index in [9.17, 15) is 14.7 Å². The fourth-order valence-electron chi connectivity index (χ4n) is 4.13. The van der Waals surface area contributed by atoms with Gasteiger partial charge in [-0.25, -0.2) is 4.98 Å². The Kier molecular flexibility index (Phi) is 5.57. The quantitative estimate of drug-likeness (QED) is 0.742. The second-order valence-electron chi connectivity index (χ2n) is 7.81. The number of nitrogens with zero attached hydrogens (tertiary/aromatic N) is 4. The lowest BCUT2D eigenvalue weighted by Crippen LogP contribution is -2.45. The first-order valence-electron chi connectivity index (χ1n) is 10.1. The highest BCUT2D eigenvalue weighted by molar-refractivity contribution is 5.92. The maximum atomic E-state index is 12.9. The standard InChI is InChI=1S/C20H27N5O3/c26-17-13-25(12-16(17)23-19(27)14-6-2-1-3-7-14)20(28)15-10-21-11-18(22-15)24-8-4-5-9-24/h2,6,10-11,14,16-17,26H,1,3-5,7-9,12-13H2,(H,23,27)/t14?,16-,17-/m1/s1. The molecule has 2 aliphatic heterocycles. The van der Waals surface area contributed by atoms with E-state index in [4.69, 9.17) is 0 Å². The summed E-state index contributed by atoms with van der Waals surface area (Å²) in [6, 6.07) is -0.457. The summed E-state index contributed by atoms with van der Waals surface area (Å²) in [4.78, 5) is 37.6. The number of likely N-dealkylation sites (tertiary alicyclic amines) is 1. The number of hydrogen-bond acceptors (Lipinski definition) is 6. The van der Waals surface area contributed by atoms with E-state index in [1.807, 2.05) is 12.2 Å². The first kappa shape index (κ1) is 18.9. The summed E-state index contributed by atoms with van der Waals surface area (Å²) in [7, 11) is 0. The first-order chi connectivity index (χ1) is 13.6. The van der Waals surface area contributed by atoms with Gasteiger partial charge in [0.05, 0.1) is 30.5 Å². The van der Waals surface area contributed by atoms with Crippen molar-refractivity contribution in [3.05, 3.63) is 30.2 Å². The number of rotatable bonds is 4. The summed E-state index contributed by atoms with van der Waals surface area (Å²) in [6.45, 7) is 2.31. The normalized spacial score (nSPS) is 27.2. The lowest BCUT2D eigenvalue weighted by atomic mass is 9.95. The van der Waals surface area contributed by atoms with Crippen LogP contribution in [0.2, 0.25) is 0 Å². The Morgan fingerprint density at radius 1 is 1.14 bits per heavy atom. The molecule has 28 heavy (non-hydrogen) atoms. The minimum Gasteiger partial charge on any atom is -0.389 e. The fourth-order valence-corrected chi connectivity index (χ4v) is 4.13. The smallest absolute Gasteiger partial charge is 0.274 e. The van der Waals surface area contributed by atoms with Gasteiger partial charge in [-0.1, -0.05) is 12.2 Å². The molecule has 150 valence electrons. The fraction of sp³-hybridized carbons (Fsp3) is 0.600. The first-order valence-corrected chi connectivity index (χ1v) is 10.1. The zero-order chi connectivity index (χ0) is 19.5. The Balaban J connectivity index is 1.39. The number of allylic oxidation sites excluding steroid dienone is 1. The van der Waals surface area contributed by atoms with Crippen LogP contribution in [0.3, 0.4) is 0 Å². The van der Waals surface area contributed by atoms with Crippen molar-refractivity contribution < 1.29 is 14.7 Å². The van der Waals surface area contributed by atoms with Crippen molar-refractivity contribution >= 4 is 17.6 Å². The summed E-state index contributed by atoms with van der Waals surface area (Å²) >= 11 is 0. The van der Waals surface area contributed by atoms with E-state index in [0.717, 1.165) is 51.0 Å². The van der Waals surface area contributed by atoms with Gasteiger partial charge in [-0.15, -0.1) is 0 Å². The van der Waals surface area contributed by atoms with Gasteiger partial charge in [0.2, 0.25) is 5.91 Å². The third-order valence-electron chi connectivity index (χ3n) is 5.77. The van der Waals surface area contributed by atoms with Crippen LogP contribution in [-0.2, 0) is 4.79 Å². The van der Waals surface area contributed by atoms with Crippen LogP contribution in [0.15, 0.2) is 24.5 Å². The molecule has 2 N–H and O–H groups in total. The minimum atomic E-state index is -0.782. The SMILES string of the molecule is O=C(N[C@@H]1CN(C(=O)c2cncc(N3CCCC3)n2)C[C@H]1O)C1C=CCCC1. The molecule has 8 heteroatoms. The van der Waals surface area contributed by atoms with E-state index < -0.39 is 12.1 Å². The molecule has 3 aliphatic rings. The molecule has 0 radical (unpaired) electrons. The van der Waals surface area contributed by atoms with Gasteiger partial charge in [0.1, 0.15) is 11.5 Å². The van der Waals surface area contributed by atoms with Crippen molar-refractivity contribution in [1.82, 2.24) is 20.2 Å². The average molecular weight is 385 g/mol. The largest absolute Gasteiger partial charge is 0.389 e. The van der Waals surface area contributed by atoms with Crippen molar-refractivity contribution in [3.8, 4) is 0 Å². The lowest BCUT2D eigenvalue weighted by Gasteiger charge is -2.21. The van der Waals surface area contributed by atoms with Gasteiger partial charge in [0.15, 0.2) is 0 Å². The van der Waals surface area contributed by atoms with Crippen LogP contribution in [-0.4, -0.2) is 70.1 Å².